The van der Waals surface area contributed by atoms with Crippen molar-refractivity contribution in [2.75, 3.05) is 17.7 Å². The highest BCUT2D eigenvalue weighted by Gasteiger charge is 2.12. The van der Waals surface area contributed by atoms with Crippen LogP contribution in [0.2, 0.25) is 0 Å². The van der Waals surface area contributed by atoms with Gasteiger partial charge < -0.3 is 21.1 Å². The fraction of sp³-hybridized carbons (Fsp3) is 0.333. The topological polar surface area (TPSA) is 93.5 Å². The molecule has 98 valence electrons. The lowest BCUT2D eigenvalue weighted by Gasteiger charge is -2.13. The molecule has 0 aliphatic heterocycles. The van der Waals surface area contributed by atoms with Gasteiger partial charge in [-0.2, -0.15) is 0 Å². The van der Waals surface area contributed by atoms with E-state index in [1.54, 1.807) is 25.1 Å². The third-order valence-corrected chi connectivity index (χ3v) is 2.19. The van der Waals surface area contributed by atoms with Crippen LogP contribution in [-0.4, -0.2) is 25.0 Å². The average molecular weight is 251 g/mol. The predicted molar refractivity (Wildman–Crippen MR) is 69.6 cm³/mol. The van der Waals surface area contributed by atoms with Crippen molar-refractivity contribution in [2.45, 2.75) is 19.9 Å². The van der Waals surface area contributed by atoms with Crippen molar-refractivity contribution >= 4 is 23.2 Å². The first-order valence-electron chi connectivity index (χ1n) is 5.46. The molecule has 0 aliphatic carbocycles. The summed E-state index contributed by atoms with van der Waals surface area (Å²) in [5.41, 5.74) is 6.51. The Balaban J connectivity index is 2.98. The summed E-state index contributed by atoms with van der Waals surface area (Å²) in [6.07, 6.45) is 0. The lowest BCUT2D eigenvalue weighted by atomic mass is 10.2. The van der Waals surface area contributed by atoms with Gasteiger partial charge in [-0.25, -0.2) is 0 Å². The van der Waals surface area contributed by atoms with Crippen LogP contribution in [0.5, 0.6) is 5.75 Å². The van der Waals surface area contributed by atoms with Gasteiger partial charge in [0.05, 0.1) is 18.8 Å². The first-order chi connectivity index (χ1) is 8.43. The fourth-order valence-corrected chi connectivity index (χ4v) is 1.33. The minimum atomic E-state index is -0.626. The zero-order chi connectivity index (χ0) is 13.7. The number of carbonyl (C=O) groups is 2. The van der Waals surface area contributed by atoms with Crippen LogP contribution < -0.4 is 21.1 Å². The summed E-state index contributed by atoms with van der Waals surface area (Å²) in [5, 5.41) is 5.26. The Labute approximate surface area is 105 Å². The van der Waals surface area contributed by atoms with Crippen molar-refractivity contribution in [3.05, 3.63) is 18.2 Å². The van der Waals surface area contributed by atoms with E-state index in [-0.39, 0.29) is 11.8 Å². The summed E-state index contributed by atoms with van der Waals surface area (Å²) in [7, 11) is 1.49. The molecule has 6 nitrogen and oxygen atoms in total. The van der Waals surface area contributed by atoms with Crippen LogP contribution in [0.15, 0.2) is 18.2 Å². The molecule has 1 rings (SSSR count). The van der Waals surface area contributed by atoms with Crippen LogP contribution in [-0.2, 0) is 9.59 Å². The molecule has 2 amide bonds. The summed E-state index contributed by atoms with van der Waals surface area (Å²) in [6.45, 7) is 2.99. The normalized spacial score (nSPS) is 11.6. The highest BCUT2D eigenvalue weighted by Crippen LogP contribution is 2.27. The maximum atomic E-state index is 11.5. The second-order valence-corrected chi connectivity index (χ2v) is 3.87. The Morgan fingerprint density at radius 2 is 2.00 bits per heavy atom. The molecule has 18 heavy (non-hydrogen) atoms. The Morgan fingerprint density at radius 1 is 1.33 bits per heavy atom. The van der Waals surface area contributed by atoms with Crippen molar-refractivity contribution in [2.24, 2.45) is 5.73 Å². The summed E-state index contributed by atoms with van der Waals surface area (Å²) in [4.78, 5) is 22.5. The van der Waals surface area contributed by atoms with Crippen molar-refractivity contribution < 1.29 is 14.3 Å². The number of carbonyl (C=O) groups excluding carboxylic acids is 2. The molecule has 0 saturated carbocycles. The molecule has 1 aromatic rings. The number of nitrogens with two attached hydrogens (primary N) is 1. The van der Waals surface area contributed by atoms with E-state index in [2.05, 4.69) is 10.6 Å². The second-order valence-electron chi connectivity index (χ2n) is 3.87. The number of rotatable bonds is 4. The average Bonchev–Trinajstić information content (AvgIpc) is 2.28. The first kappa shape index (κ1) is 14.0. The molecule has 0 aliphatic rings. The molecule has 0 spiro atoms. The maximum absolute atomic E-state index is 11.5. The van der Waals surface area contributed by atoms with E-state index >= 15 is 0 Å². The molecule has 0 bridgehead atoms. The van der Waals surface area contributed by atoms with Crippen LogP contribution in [0.3, 0.4) is 0 Å². The quantitative estimate of drug-likeness (QED) is 0.742. The van der Waals surface area contributed by atoms with Gasteiger partial charge in [0.1, 0.15) is 5.75 Å². The summed E-state index contributed by atoms with van der Waals surface area (Å²) in [5.74, 6) is -0.0176. The molecule has 4 N–H and O–H groups in total. The number of amides is 2. The number of ether oxygens (including phenoxy) is 1. The van der Waals surface area contributed by atoms with Gasteiger partial charge >= 0.3 is 0 Å². The van der Waals surface area contributed by atoms with Crippen LogP contribution in [0.25, 0.3) is 0 Å². The summed E-state index contributed by atoms with van der Waals surface area (Å²) >= 11 is 0. The Bertz CT molecular complexity index is 458. The Kier molecular flexibility index (Phi) is 4.67. The van der Waals surface area contributed by atoms with Crippen molar-refractivity contribution in [1.29, 1.82) is 0 Å². The largest absolute Gasteiger partial charge is 0.495 e. The van der Waals surface area contributed by atoms with E-state index in [4.69, 9.17) is 10.5 Å². The zero-order valence-electron chi connectivity index (χ0n) is 10.6. The smallest absolute Gasteiger partial charge is 0.241 e. The highest BCUT2D eigenvalue weighted by atomic mass is 16.5. The molecular formula is C12H17N3O3. The van der Waals surface area contributed by atoms with Gasteiger partial charge in [-0.05, 0) is 25.1 Å². The van der Waals surface area contributed by atoms with Crippen LogP contribution in [0.1, 0.15) is 13.8 Å². The fourth-order valence-electron chi connectivity index (χ4n) is 1.33. The molecule has 6 heteroatoms. The number of methoxy groups -OCH3 is 1. The molecule has 0 fully saturated rings. The Hall–Kier alpha value is -2.08. The van der Waals surface area contributed by atoms with E-state index in [1.165, 1.54) is 14.0 Å². The highest BCUT2D eigenvalue weighted by molar-refractivity contribution is 5.97. The van der Waals surface area contributed by atoms with Gasteiger partial charge in [0, 0.05) is 12.6 Å². The van der Waals surface area contributed by atoms with Crippen molar-refractivity contribution in [3.63, 3.8) is 0 Å². The molecule has 0 aromatic heterocycles. The predicted octanol–water partition coefficient (Wildman–Crippen LogP) is 0.939. The van der Waals surface area contributed by atoms with Gasteiger partial charge in [-0.1, -0.05) is 0 Å². The van der Waals surface area contributed by atoms with Gasteiger partial charge in [-0.3, -0.25) is 9.59 Å². The van der Waals surface area contributed by atoms with E-state index in [0.29, 0.717) is 17.1 Å². The molecule has 0 radical (unpaired) electrons. The lowest BCUT2D eigenvalue weighted by molar-refractivity contribution is -0.117. The molecule has 1 atom stereocenters. The minimum Gasteiger partial charge on any atom is -0.495 e. The number of anilines is 2. The van der Waals surface area contributed by atoms with E-state index in [1.807, 2.05) is 0 Å². The van der Waals surface area contributed by atoms with E-state index in [9.17, 15) is 9.59 Å². The molecule has 0 saturated heterocycles. The molecule has 1 unspecified atom stereocenters. The maximum Gasteiger partial charge on any atom is 0.241 e. The third kappa shape index (κ3) is 3.74. The SMILES string of the molecule is COc1ccc(NC(C)=O)cc1NC(=O)C(C)N. The lowest BCUT2D eigenvalue weighted by Crippen LogP contribution is -2.32. The molecular weight excluding hydrogens is 234 g/mol. The third-order valence-electron chi connectivity index (χ3n) is 2.19. The number of hydrogen-bond acceptors (Lipinski definition) is 4. The zero-order valence-corrected chi connectivity index (χ0v) is 10.6. The molecule has 1 aromatic carbocycles. The van der Waals surface area contributed by atoms with Gasteiger partial charge in [0.2, 0.25) is 11.8 Å². The standard InChI is InChI=1S/C12H17N3O3/c1-7(13)12(17)15-10-6-9(14-8(2)16)4-5-11(10)18-3/h4-7H,13H2,1-3H3,(H,14,16)(H,15,17). The van der Waals surface area contributed by atoms with Crippen LogP contribution in [0, 0.1) is 0 Å². The van der Waals surface area contributed by atoms with Crippen molar-refractivity contribution in [1.82, 2.24) is 0 Å². The van der Waals surface area contributed by atoms with Gasteiger partial charge in [0.15, 0.2) is 0 Å². The van der Waals surface area contributed by atoms with Gasteiger partial charge in [0.25, 0.3) is 0 Å². The van der Waals surface area contributed by atoms with Gasteiger partial charge in [-0.15, -0.1) is 0 Å². The van der Waals surface area contributed by atoms with E-state index < -0.39 is 6.04 Å². The van der Waals surface area contributed by atoms with Crippen molar-refractivity contribution in [3.8, 4) is 5.75 Å². The number of hydrogen-bond donors (Lipinski definition) is 3. The number of nitrogens with one attached hydrogen (secondary N) is 2. The van der Waals surface area contributed by atoms with Crippen LogP contribution >= 0.6 is 0 Å². The van der Waals surface area contributed by atoms with E-state index in [0.717, 1.165) is 0 Å². The monoisotopic (exact) mass is 251 g/mol. The number of benzene rings is 1. The summed E-state index contributed by atoms with van der Waals surface area (Å²) < 4.78 is 5.12. The molecule has 0 heterocycles. The Morgan fingerprint density at radius 3 is 2.50 bits per heavy atom. The second kappa shape index (κ2) is 6.02. The minimum absolute atomic E-state index is 0.190. The first-order valence-corrected chi connectivity index (χ1v) is 5.46. The van der Waals surface area contributed by atoms with Crippen LogP contribution in [0.4, 0.5) is 11.4 Å². The summed E-state index contributed by atoms with van der Waals surface area (Å²) in [6, 6.07) is 4.32.